The number of H-pyrrole nitrogens is 1. The summed E-state index contributed by atoms with van der Waals surface area (Å²) in [7, 11) is 1.68. The van der Waals surface area contributed by atoms with Crippen LogP contribution >= 0.6 is 0 Å². The Morgan fingerprint density at radius 1 is 1.58 bits per heavy atom. The van der Waals surface area contributed by atoms with Gasteiger partial charge in [-0.05, 0) is 5.92 Å². The van der Waals surface area contributed by atoms with E-state index >= 15 is 0 Å². The second kappa shape index (κ2) is 7.40. The van der Waals surface area contributed by atoms with Gasteiger partial charge in [-0.3, -0.25) is 9.89 Å². The lowest BCUT2D eigenvalue weighted by molar-refractivity contribution is -0.138. The van der Waals surface area contributed by atoms with Crippen molar-refractivity contribution >= 4 is 12.0 Å². The maximum absolute atomic E-state index is 11.8. The second-order valence-corrected chi connectivity index (χ2v) is 4.52. The molecule has 7 nitrogen and oxygen atoms in total. The first-order valence-electron chi connectivity index (χ1n) is 6.21. The minimum Gasteiger partial charge on any atom is -0.481 e. The Hall–Kier alpha value is -2.05. The van der Waals surface area contributed by atoms with Crippen LogP contribution in [-0.4, -0.2) is 45.8 Å². The molecule has 19 heavy (non-hydrogen) atoms. The molecule has 0 fully saturated rings. The van der Waals surface area contributed by atoms with Crippen LogP contribution in [0.3, 0.4) is 0 Å². The summed E-state index contributed by atoms with van der Waals surface area (Å²) < 4.78 is 0. The molecule has 0 saturated heterocycles. The van der Waals surface area contributed by atoms with E-state index in [2.05, 4.69) is 15.5 Å². The molecule has 0 aliphatic heterocycles. The van der Waals surface area contributed by atoms with Gasteiger partial charge in [-0.1, -0.05) is 13.3 Å². The number of aromatic amines is 1. The molecule has 2 amide bonds. The van der Waals surface area contributed by atoms with Crippen LogP contribution in [0.5, 0.6) is 0 Å². The average molecular weight is 268 g/mol. The van der Waals surface area contributed by atoms with E-state index in [1.807, 2.05) is 6.92 Å². The highest BCUT2D eigenvalue weighted by molar-refractivity contribution is 5.74. The number of carbonyl (C=O) groups is 2. The van der Waals surface area contributed by atoms with Crippen molar-refractivity contribution in [3.8, 4) is 0 Å². The van der Waals surface area contributed by atoms with E-state index in [0.29, 0.717) is 13.1 Å². The van der Waals surface area contributed by atoms with Crippen molar-refractivity contribution in [2.45, 2.75) is 26.3 Å². The molecule has 7 heteroatoms. The molecule has 3 N–H and O–H groups in total. The molecular formula is C12H20N4O3. The zero-order valence-corrected chi connectivity index (χ0v) is 11.2. The van der Waals surface area contributed by atoms with Crippen LogP contribution in [0.25, 0.3) is 0 Å². The number of nitrogens with one attached hydrogen (secondary N) is 2. The molecule has 1 aromatic rings. The summed E-state index contributed by atoms with van der Waals surface area (Å²) in [5.74, 6) is -0.878. The van der Waals surface area contributed by atoms with Gasteiger partial charge in [0.05, 0.1) is 12.7 Å². The number of nitrogens with zero attached hydrogens (tertiary/aromatic N) is 2. The predicted molar refractivity (Wildman–Crippen MR) is 69.5 cm³/mol. The quantitative estimate of drug-likeness (QED) is 0.688. The minimum absolute atomic E-state index is 0.0382. The number of carbonyl (C=O) groups excluding carboxylic acids is 1. The molecule has 0 aliphatic rings. The highest BCUT2D eigenvalue weighted by atomic mass is 16.4. The average Bonchev–Trinajstić information content (AvgIpc) is 2.86. The number of carboxylic acid groups (broad SMARTS) is 1. The lowest BCUT2D eigenvalue weighted by Crippen LogP contribution is -2.39. The fourth-order valence-corrected chi connectivity index (χ4v) is 1.68. The topological polar surface area (TPSA) is 98.3 Å². The van der Waals surface area contributed by atoms with Crippen molar-refractivity contribution in [2.24, 2.45) is 5.92 Å². The van der Waals surface area contributed by atoms with Crippen LogP contribution in [0, 0.1) is 5.92 Å². The summed E-state index contributed by atoms with van der Waals surface area (Å²) in [5, 5.41) is 18.0. The van der Waals surface area contributed by atoms with E-state index < -0.39 is 5.97 Å². The van der Waals surface area contributed by atoms with Crippen molar-refractivity contribution in [3.05, 3.63) is 18.0 Å². The number of urea groups is 1. The Kier molecular flexibility index (Phi) is 5.84. The SMILES string of the molecule is CCC(CNC(=O)N(C)Cc1cn[nH]c1)CC(=O)O. The Morgan fingerprint density at radius 3 is 2.84 bits per heavy atom. The first-order valence-corrected chi connectivity index (χ1v) is 6.21. The Bertz CT molecular complexity index is 405. The molecular weight excluding hydrogens is 248 g/mol. The molecule has 106 valence electrons. The van der Waals surface area contributed by atoms with E-state index in [1.165, 1.54) is 4.90 Å². The van der Waals surface area contributed by atoms with Crippen LogP contribution in [0.2, 0.25) is 0 Å². The van der Waals surface area contributed by atoms with E-state index in [0.717, 1.165) is 12.0 Å². The summed E-state index contributed by atoms with van der Waals surface area (Å²) in [6.07, 6.45) is 4.17. The van der Waals surface area contributed by atoms with Crippen molar-refractivity contribution in [1.29, 1.82) is 0 Å². The maximum atomic E-state index is 11.8. The molecule has 1 atom stereocenters. The standard InChI is InChI=1S/C12H20N4O3/c1-3-9(4-11(17)18)5-13-12(19)16(2)8-10-6-14-15-7-10/h6-7,9H,3-5,8H2,1-2H3,(H,13,19)(H,14,15)(H,17,18). The van der Waals surface area contributed by atoms with Crippen LogP contribution in [0.15, 0.2) is 12.4 Å². The van der Waals surface area contributed by atoms with Crippen molar-refractivity contribution in [3.63, 3.8) is 0 Å². The monoisotopic (exact) mass is 268 g/mol. The highest BCUT2D eigenvalue weighted by Gasteiger charge is 2.14. The highest BCUT2D eigenvalue weighted by Crippen LogP contribution is 2.07. The zero-order valence-electron chi connectivity index (χ0n) is 11.2. The van der Waals surface area contributed by atoms with E-state index in [-0.39, 0.29) is 18.4 Å². The van der Waals surface area contributed by atoms with Gasteiger partial charge in [0.15, 0.2) is 0 Å². The Morgan fingerprint density at radius 2 is 2.32 bits per heavy atom. The summed E-state index contributed by atoms with van der Waals surface area (Å²) >= 11 is 0. The number of aliphatic carboxylic acids is 1. The fourth-order valence-electron chi connectivity index (χ4n) is 1.68. The number of aromatic nitrogens is 2. The van der Waals surface area contributed by atoms with Gasteiger partial charge in [0.25, 0.3) is 0 Å². The number of amides is 2. The molecule has 0 bridgehead atoms. The minimum atomic E-state index is -0.840. The third kappa shape index (κ3) is 5.41. The van der Waals surface area contributed by atoms with Gasteiger partial charge in [0.1, 0.15) is 0 Å². The van der Waals surface area contributed by atoms with Gasteiger partial charge in [0.2, 0.25) is 0 Å². The fraction of sp³-hybridized carbons (Fsp3) is 0.583. The number of hydrogen-bond donors (Lipinski definition) is 3. The first kappa shape index (κ1) is 15.0. The number of rotatable bonds is 7. The van der Waals surface area contributed by atoms with E-state index in [9.17, 15) is 9.59 Å². The summed E-state index contributed by atoms with van der Waals surface area (Å²) in [4.78, 5) is 24.0. The second-order valence-electron chi connectivity index (χ2n) is 4.52. The van der Waals surface area contributed by atoms with Crippen LogP contribution in [0.1, 0.15) is 25.3 Å². The lowest BCUT2D eigenvalue weighted by Gasteiger charge is -2.19. The van der Waals surface area contributed by atoms with Gasteiger partial charge in [-0.2, -0.15) is 5.10 Å². The molecule has 0 radical (unpaired) electrons. The number of carboxylic acids is 1. The lowest BCUT2D eigenvalue weighted by atomic mass is 10.0. The van der Waals surface area contributed by atoms with Gasteiger partial charge >= 0.3 is 12.0 Å². The molecule has 1 rings (SSSR count). The van der Waals surface area contributed by atoms with Crippen LogP contribution < -0.4 is 5.32 Å². The van der Waals surface area contributed by atoms with Crippen LogP contribution in [-0.2, 0) is 11.3 Å². The van der Waals surface area contributed by atoms with Gasteiger partial charge in [-0.15, -0.1) is 0 Å². The molecule has 1 unspecified atom stereocenters. The van der Waals surface area contributed by atoms with Crippen molar-refractivity contribution < 1.29 is 14.7 Å². The normalized spacial score (nSPS) is 11.9. The smallest absolute Gasteiger partial charge is 0.317 e. The molecule has 1 aromatic heterocycles. The van der Waals surface area contributed by atoms with Gasteiger partial charge in [0, 0.05) is 31.8 Å². The largest absolute Gasteiger partial charge is 0.481 e. The Labute approximate surface area is 112 Å². The van der Waals surface area contributed by atoms with Crippen LogP contribution in [0.4, 0.5) is 4.79 Å². The van der Waals surface area contributed by atoms with Crippen molar-refractivity contribution in [1.82, 2.24) is 20.4 Å². The summed E-state index contributed by atoms with van der Waals surface area (Å²) in [6.45, 7) is 2.74. The summed E-state index contributed by atoms with van der Waals surface area (Å²) in [6, 6.07) is -0.218. The molecule has 0 aromatic carbocycles. The summed E-state index contributed by atoms with van der Waals surface area (Å²) in [5.41, 5.74) is 0.912. The molecule has 0 spiro atoms. The molecule has 0 aliphatic carbocycles. The first-order chi connectivity index (χ1) is 9.02. The Balaban J connectivity index is 2.35. The zero-order chi connectivity index (χ0) is 14.3. The van der Waals surface area contributed by atoms with Gasteiger partial charge < -0.3 is 15.3 Å². The van der Waals surface area contributed by atoms with E-state index in [4.69, 9.17) is 5.11 Å². The molecule has 1 heterocycles. The molecule has 0 saturated carbocycles. The predicted octanol–water partition coefficient (Wildman–Crippen LogP) is 1.05. The van der Waals surface area contributed by atoms with Gasteiger partial charge in [-0.25, -0.2) is 4.79 Å². The van der Waals surface area contributed by atoms with E-state index in [1.54, 1.807) is 19.4 Å². The third-order valence-corrected chi connectivity index (χ3v) is 2.90. The van der Waals surface area contributed by atoms with Crippen molar-refractivity contribution in [2.75, 3.05) is 13.6 Å². The maximum Gasteiger partial charge on any atom is 0.317 e. The third-order valence-electron chi connectivity index (χ3n) is 2.90. The number of hydrogen-bond acceptors (Lipinski definition) is 3.